The summed E-state index contributed by atoms with van der Waals surface area (Å²) >= 11 is 1.18. The Labute approximate surface area is 176 Å². The minimum absolute atomic E-state index is 0.118. The number of nitrogens with zero attached hydrogens (tertiary/aromatic N) is 1. The van der Waals surface area contributed by atoms with E-state index in [0.29, 0.717) is 26.1 Å². The van der Waals surface area contributed by atoms with Crippen molar-refractivity contribution in [2.24, 2.45) is 0 Å². The average molecular weight is 434 g/mol. The van der Waals surface area contributed by atoms with Gasteiger partial charge in [-0.15, -0.1) is 11.3 Å². The number of thiophene rings is 1. The number of piperidine rings is 1. The predicted octanol–water partition coefficient (Wildman–Crippen LogP) is 2.68. The molecule has 1 aromatic heterocycles. The van der Waals surface area contributed by atoms with Crippen LogP contribution >= 0.6 is 11.3 Å². The zero-order valence-electron chi connectivity index (χ0n) is 16.6. The monoisotopic (exact) mass is 433 g/mol. The molecule has 1 fully saturated rings. The molecule has 156 valence electrons. The maximum absolute atomic E-state index is 13.3. The summed E-state index contributed by atoms with van der Waals surface area (Å²) in [4.78, 5) is 13.1. The van der Waals surface area contributed by atoms with Gasteiger partial charge >= 0.3 is 0 Å². The first-order chi connectivity index (χ1) is 13.9. The highest BCUT2D eigenvalue weighted by atomic mass is 32.2. The van der Waals surface area contributed by atoms with Gasteiger partial charge in [-0.2, -0.15) is 4.31 Å². The number of carbonyl (C=O) groups is 1. The molecule has 2 aromatic rings. The van der Waals surface area contributed by atoms with E-state index in [2.05, 4.69) is 16.7 Å². The normalized spacial score (nSPS) is 20.2. The summed E-state index contributed by atoms with van der Waals surface area (Å²) in [6, 6.07) is 7.96. The van der Waals surface area contributed by atoms with Crippen LogP contribution in [0, 0.1) is 6.92 Å². The molecule has 2 aliphatic heterocycles. The van der Waals surface area contributed by atoms with E-state index in [1.807, 2.05) is 19.1 Å². The number of amides is 1. The molecule has 0 aliphatic carbocycles. The number of benzene rings is 1. The second kappa shape index (κ2) is 8.55. The standard InChI is InChI=1S/C21H27N3O3S2/c1-15-5-6-17-14-24(10-7-16(17)12-15)29(26,27)19-8-11-28-20(19)21(25)23-13-18-4-2-3-9-22-18/h5-6,8,11-12,18,22H,2-4,7,9-10,13-14H2,1H3,(H,23,25)/t18-/m1/s1. The second-order valence-electron chi connectivity index (χ2n) is 7.83. The molecule has 1 amide bonds. The summed E-state index contributed by atoms with van der Waals surface area (Å²) in [6.45, 7) is 4.31. The zero-order valence-corrected chi connectivity index (χ0v) is 18.2. The van der Waals surface area contributed by atoms with Crippen LogP contribution in [0.5, 0.6) is 0 Å². The van der Waals surface area contributed by atoms with Crippen molar-refractivity contribution in [1.82, 2.24) is 14.9 Å². The Morgan fingerprint density at radius 2 is 2.14 bits per heavy atom. The maximum Gasteiger partial charge on any atom is 0.262 e. The first-order valence-corrected chi connectivity index (χ1v) is 12.4. The van der Waals surface area contributed by atoms with E-state index in [1.165, 1.54) is 26.8 Å². The zero-order chi connectivity index (χ0) is 20.4. The number of hydrogen-bond acceptors (Lipinski definition) is 5. The van der Waals surface area contributed by atoms with E-state index in [0.717, 1.165) is 31.4 Å². The van der Waals surface area contributed by atoms with Crippen LogP contribution in [0.25, 0.3) is 0 Å². The highest BCUT2D eigenvalue weighted by Crippen LogP contribution is 2.29. The first kappa shape index (κ1) is 20.5. The molecule has 29 heavy (non-hydrogen) atoms. The fourth-order valence-corrected chi connectivity index (χ4v) is 6.80. The van der Waals surface area contributed by atoms with Gasteiger partial charge in [-0.25, -0.2) is 8.42 Å². The molecular formula is C21H27N3O3S2. The van der Waals surface area contributed by atoms with Crippen molar-refractivity contribution in [1.29, 1.82) is 0 Å². The minimum Gasteiger partial charge on any atom is -0.350 e. The van der Waals surface area contributed by atoms with Crippen LogP contribution in [0.2, 0.25) is 0 Å². The third kappa shape index (κ3) is 4.40. The van der Waals surface area contributed by atoms with Gasteiger partial charge in [-0.05, 0) is 55.3 Å². The number of sulfonamides is 1. The quantitative estimate of drug-likeness (QED) is 0.760. The Bertz CT molecular complexity index is 994. The number of fused-ring (bicyclic) bond motifs is 1. The Morgan fingerprint density at radius 3 is 2.93 bits per heavy atom. The Morgan fingerprint density at radius 1 is 1.28 bits per heavy atom. The van der Waals surface area contributed by atoms with Crippen molar-refractivity contribution in [3.8, 4) is 0 Å². The molecule has 1 atom stereocenters. The van der Waals surface area contributed by atoms with Gasteiger partial charge < -0.3 is 10.6 Å². The summed E-state index contributed by atoms with van der Waals surface area (Å²) in [7, 11) is -3.72. The smallest absolute Gasteiger partial charge is 0.262 e. The number of carbonyl (C=O) groups excluding carboxylic acids is 1. The molecule has 1 saturated heterocycles. The average Bonchev–Trinajstić information content (AvgIpc) is 3.23. The van der Waals surface area contributed by atoms with Gasteiger partial charge in [-0.1, -0.05) is 30.2 Å². The lowest BCUT2D eigenvalue weighted by molar-refractivity contribution is 0.0948. The molecular weight excluding hydrogens is 406 g/mol. The van der Waals surface area contributed by atoms with Crippen molar-refractivity contribution >= 4 is 27.3 Å². The van der Waals surface area contributed by atoms with E-state index in [-0.39, 0.29) is 21.7 Å². The highest BCUT2D eigenvalue weighted by Gasteiger charge is 2.32. The number of hydrogen-bond donors (Lipinski definition) is 2. The van der Waals surface area contributed by atoms with Gasteiger partial charge in [0, 0.05) is 25.7 Å². The van der Waals surface area contributed by atoms with Gasteiger partial charge in [0.2, 0.25) is 10.0 Å². The van der Waals surface area contributed by atoms with E-state index in [4.69, 9.17) is 0 Å². The molecule has 4 rings (SSSR count). The molecule has 1 aromatic carbocycles. The fraction of sp³-hybridized carbons (Fsp3) is 0.476. The third-order valence-corrected chi connectivity index (χ3v) is 8.64. The van der Waals surface area contributed by atoms with Crippen molar-refractivity contribution < 1.29 is 13.2 Å². The van der Waals surface area contributed by atoms with Crippen molar-refractivity contribution in [2.75, 3.05) is 19.6 Å². The van der Waals surface area contributed by atoms with Crippen LogP contribution in [0.3, 0.4) is 0 Å². The minimum atomic E-state index is -3.72. The lowest BCUT2D eigenvalue weighted by atomic mass is 9.99. The SMILES string of the molecule is Cc1ccc2c(c1)CCN(S(=O)(=O)c1ccsc1C(=O)NC[C@H]1CCCCN1)C2. The molecule has 2 N–H and O–H groups in total. The molecule has 0 saturated carbocycles. The predicted molar refractivity (Wildman–Crippen MR) is 115 cm³/mol. The van der Waals surface area contributed by atoms with Crippen LogP contribution in [0.4, 0.5) is 0 Å². The van der Waals surface area contributed by atoms with Crippen molar-refractivity contribution in [3.63, 3.8) is 0 Å². The molecule has 0 bridgehead atoms. The highest BCUT2D eigenvalue weighted by molar-refractivity contribution is 7.89. The van der Waals surface area contributed by atoms with Gasteiger partial charge in [0.05, 0.1) is 0 Å². The topological polar surface area (TPSA) is 78.5 Å². The summed E-state index contributed by atoms with van der Waals surface area (Å²) in [5, 5.41) is 7.99. The third-order valence-electron chi connectivity index (χ3n) is 5.71. The maximum atomic E-state index is 13.3. The summed E-state index contributed by atoms with van der Waals surface area (Å²) in [6.07, 6.45) is 4.04. The largest absolute Gasteiger partial charge is 0.350 e. The number of nitrogens with one attached hydrogen (secondary N) is 2. The fourth-order valence-electron chi connectivity index (χ4n) is 4.06. The van der Waals surface area contributed by atoms with Crippen LogP contribution < -0.4 is 10.6 Å². The molecule has 0 spiro atoms. The van der Waals surface area contributed by atoms with Gasteiger partial charge in [0.25, 0.3) is 5.91 Å². The lowest BCUT2D eigenvalue weighted by Crippen LogP contribution is -2.43. The Hall–Kier alpha value is -1.74. The van der Waals surface area contributed by atoms with E-state index >= 15 is 0 Å². The first-order valence-electron chi connectivity index (χ1n) is 10.1. The van der Waals surface area contributed by atoms with Crippen molar-refractivity contribution in [3.05, 3.63) is 51.2 Å². The second-order valence-corrected chi connectivity index (χ2v) is 10.7. The molecule has 0 unspecified atom stereocenters. The Balaban J connectivity index is 1.49. The summed E-state index contributed by atoms with van der Waals surface area (Å²) in [5.74, 6) is -0.306. The molecule has 3 heterocycles. The van der Waals surface area contributed by atoms with Crippen LogP contribution in [-0.2, 0) is 23.0 Å². The van der Waals surface area contributed by atoms with Crippen molar-refractivity contribution in [2.45, 2.75) is 50.1 Å². The molecule has 0 radical (unpaired) electrons. The summed E-state index contributed by atoms with van der Waals surface area (Å²) in [5.41, 5.74) is 3.43. The van der Waals surface area contributed by atoms with Crippen LogP contribution in [0.15, 0.2) is 34.5 Å². The number of rotatable bonds is 5. The summed E-state index contributed by atoms with van der Waals surface area (Å²) < 4.78 is 28.1. The lowest BCUT2D eigenvalue weighted by Gasteiger charge is -2.28. The van der Waals surface area contributed by atoms with E-state index in [9.17, 15) is 13.2 Å². The van der Waals surface area contributed by atoms with Gasteiger partial charge in [0.1, 0.15) is 9.77 Å². The van der Waals surface area contributed by atoms with E-state index < -0.39 is 10.0 Å². The van der Waals surface area contributed by atoms with E-state index in [1.54, 1.807) is 11.4 Å². The van der Waals surface area contributed by atoms with Gasteiger partial charge in [-0.3, -0.25) is 4.79 Å². The molecule has 2 aliphatic rings. The van der Waals surface area contributed by atoms with Crippen LogP contribution in [-0.4, -0.2) is 44.3 Å². The Kier molecular flexibility index (Phi) is 6.06. The van der Waals surface area contributed by atoms with Gasteiger partial charge in [0.15, 0.2) is 0 Å². The van der Waals surface area contributed by atoms with Crippen LogP contribution in [0.1, 0.15) is 45.6 Å². The molecule has 8 heteroatoms. The molecule has 6 nitrogen and oxygen atoms in total. The number of aryl methyl sites for hydroxylation is 1.